The summed E-state index contributed by atoms with van der Waals surface area (Å²) in [6.07, 6.45) is 2.14. The van der Waals surface area contributed by atoms with E-state index in [0.29, 0.717) is 12.2 Å². The van der Waals surface area contributed by atoms with E-state index in [9.17, 15) is 4.79 Å². The summed E-state index contributed by atoms with van der Waals surface area (Å²) in [7, 11) is 0. The maximum atomic E-state index is 12.4. The average molecular weight is 363 g/mol. The zero-order chi connectivity index (χ0) is 17.2. The molecule has 0 heterocycles. The number of carbonyl (C=O) groups excluding carboxylic acids is 1. The third kappa shape index (κ3) is 6.77. The Labute approximate surface area is 156 Å². The molecule has 0 spiro atoms. The Morgan fingerprint density at radius 1 is 1.04 bits per heavy atom. The molecule has 0 saturated carbocycles. The minimum atomic E-state index is -0.112. The monoisotopic (exact) mass is 362 g/mol. The zero-order valence-electron chi connectivity index (χ0n) is 14.9. The van der Waals surface area contributed by atoms with Crippen LogP contribution >= 0.6 is 12.4 Å². The van der Waals surface area contributed by atoms with Gasteiger partial charge in [0.15, 0.2) is 0 Å². The first-order valence-corrected chi connectivity index (χ1v) is 8.57. The van der Waals surface area contributed by atoms with E-state index in [0.717, 1.165) is 42.9 Å². The van der Waals surface area contributed by atoms with Crippen molar-refractivity contribution in [3.8, 4) is 5.75 Å². The Morgan fingerprint density at radius 3 is 2.44 bits per heavy atom. The van der Waals surface area contributed by atoms with Crippen LogP contribution in [0, 0.1) is 0 Å². The van der Waals surface area contributed by atoms with Gasteiger partial charge in [-0.15, -0.1) is 12.4 Å². The second-order valence-corrected chi connectivity index (χ2v) is 5.62. The Balaban J connectivity index is 0.00000312. The average Bonchev–Trinajstić information content (AvgIpc) is 2.62. The molecular weight excluding hydrogens is 336 g/mol. The standard InChI is InChI=1S/C20H26N2O2.ClH/c1-3-5-14-24-18-12-10-16(11-13-18)20(23)22-19-9-7-6-8-17(19)15-21-4-2;/h6-13,21H,3-5,14-15H2,1-2H3,(H,22,23);1H. The second-order valence-electron chi connectivity index (χ2n) is 5.62. The maximum absolute atomic E-state index is 12.4. The molecule has 2 aromatic rings. The number of para-hydroxylation sites is 1. The molecule has 2 rings (SSSR count). The lowest BCUT2D eigenvalue weighted by atomic mass is 10.1. The second kappa shape index (κ2) is 11.5. The molecule has 1 amide bonds. The highest BCUT2D eigenvalue weighted by Gasteiger charge is 2.09. The van der Waals surface area contributed by atoms with Gasteiger partial charge in [0.25, 0.3) is 5.91 Å². The highest BCUT2D eigenvalue weighted by molar-refractivity contribution is 6.04. The summed E-state index contributed by atoms with van der Waals surface area (Å²) in [4.78, 5) is 12.4. The summed E-state index contributed by atoms with van der Waals surface area (Å²) in [6.45, 7) is 6.52. The van der Waals surface area contributed by atoms with Crippen LogP contribution in [0.4, 0.5) is 5.69 Å². The highest BCUT2D eigenvalue weighted by atomic mass is 35.5. The number of amides is 1. The van der Waals surface area contributed by atoms with Gasteiger partial charge >= 0.3 is 0 Å². The van der Waals surface area contributed by atoms with Crippen molar-refractivity contribution in [2.75, 3.05) is 18.5 Å². The predicted molar refractivity (Wildman–Crippen MR) is 106 cm³/mol. The summed E-state index contributed by atoms with van der Waals surface area (Å²) >= 11 is 0. The number of hydrogen-bond acceptors (Lipinski definition) is 3. The fourth-order valence-corrected chi connectivity index (χ4v) is 2.29. The first kappa shape index (κ1) is 21.0. The number of nitrogens with one attached hydrogen (secondary N) is 2. The Kier molecular flexibility index (Phi) is 9.66. The van der Waals surface area contributed by atoms with Crippen molar-refractivity contribution in [1.29, 1.82) is 0 Å². The SMILES string of the molecule is CCCCOc1ccc(C(=O)Nc2ccccc2CNCC)cc1.Cl. The van der Waals surface area contributed by atoms with Gasteiger partial charge in [0, 0.05) is 17.8 Å². The van der Waals surface area contributed by atoms with Gasteiger partial charge in [-0.1, -0.05) is 38.5 Å². The largest absolute Gasteiger partial charge is 0.494 e. The van der Waals surface area contributed by atoms with E-state index in [1.54, 1.807) is 12.1 Å². The van der Waals surface area contributed by atoms with Crippen molar-refractivity contribution in [2.24, 2.45) is 0 Å². The van der Waals surface area contributed by atoms with Crippen LogP contribution < -0.4 is 15.4 Å². The van der Waals surface area contributed by atoms with Gasteiger partial charge in [-0.2, -0.15) is 0 Å². The normalized spacial score (nSPS) is 10.0. The number of unbranched alkanes of at least 4 members (excludes halogenated alkanes) is 1. The molecule has 2 aromatic carbocycles. The molecular formula is C20H27ClN2O2. The molecule has 0 fully saturated rings. The molecule has 5 heteroatoms. The van der Waals surface area contributed by atoms with Crippen LogP contribution in [0.3, 0.4) is 0 Å². The summed E-state index contributed by atoms with van der Waals surface area (Å²) in [5, 5.41) is 6.27. The summed E-state index contributed by atoms with van der Waals surface area (Å²) in [5.74, 6) is 0.687. The minimum Gasteiger partial charge on any atom is -0.494 e. The van der Waals surface area contributed by atoms with Crippen LogP contribution in [0.1, 0.15) is 42.6 Å². The quantitative estimate of drug-likeness (QED) is 0.638. The topological polar surface area (TPSA) is 50.4 Å². The molecule has 136 valence electrons. The van der Waals surface area contributed by atoms with Crippen molar-refractivity contribution in [3.63, 3.8) is 0 Å². The van der Waals surface area contributed by atoms with Gasteiger partial charge in [0.05, 0.1) is 6.61 Å². The number of halogens is 1. The molecule has 4 nitrogen and oxygen atoms in total. The van der Waals surface area contributed by atoms with E-state index >= 15 is 0 Å². The van der Waals surface area contributed by atoms with Crippen molar-refractivity contribution >= 4 is 24.0 Å². The lowest BCUT2D eigenvalue weighted by molar-refractivity contribution is 0.102. The molecule has 0 radical (unpaired) electrons. The van der Waals surface area contributed by atoms with Crippen LogP contribution in [0.25, 0.3) is 0 Å². The van der Waals surface area contributed by atoms with E-state index in [1.165, 1.54) is 0 Å². The minimum absolute atomic E-state index is 0. The van der Waals surface area contributed by atoms with Gasteiger partial charge in [-0.3, -0.25) is 4.79 Å². The van der Waals surface area contributed by atoms with E-state index in [4.69, 9.17) is 4.74 Å². The van der Waals surface area contributed by atoms with Crippen LogP contribution in [0.5, 0.6) is 5.75 Å². The van der Waals surface area contributed by atoms with E-state index in [2.05, 4.69) is 24.5 Å². The van der Waals surface area contributed by atoms with Gasteiger partial charge in [0.1, 0.15) is 5.75 Å². The smallest absolute Gasteiger partial charge is 0.255 e. The third-order valence-electron chi connectivity index (χ3n) is 3.71. The Bertz CT molecular complexity index is 644. The summed E-state index contributed by atoms with van der Waals surface area (Å²) < 4.78 is 5.62. The van der Waals surface area contributed by atoms with Gasteiger partial charge in [0.2, 0.25) is 0 Å². The lowest BCUT2D eigenvalue weighted by Gasteiger charge is -2.12. The fourth-order valence-electron chi connectivity index (χ4n) is 2.29. The molecule has 0 aliphatic heterocycles. The molecule has 2 N–H and O–H groups in total. The first-order valence-electron chi connectivity index (χ1n) is 8.57. The van der Waals surface area contributed by atoms with Gasteiger partial charge < -0.3 is 15.4 Å². The predicted octanol–water partition coefficient (Wildman–Crippen LogP) is 4.65. The van der Waals surface area contributed by atoms with Crippen molar-refractivity contribution in [3.05, 3.63) is 59.7 Å². The van der Waals surface area contributed by atoms with E-state index in [1.807, 2.05) is 36.4 Å². The lowest BCUT2D eigenvalue weighted by Crippen LogP contribution is -2.17. The fraction of sp³-hybridized carbons (Fsp3) is 0.350. The van der Waals surface area contributed by atoms with Crippen molar-refractivity contribution < 1.29 is 9.53 Å². The van der Waals surface area contributed by atoms with E-state index in [-0.39, 0.29) is 18.3 Å². The molecule has 25 heavy (non-hydrogen) atoms. The third-order valence-corrected chi connectivity index (χ3v) is 3.71. The van der Waals surface area contributed by atoms with Gasteiger partial charge in [-0.25, -0.2) is 0 Å². The molecule has 0 bridgehead atoms. The van der Waals surface area contributed by atoms with Crippen LogP contribution in [0.2, 0.25) is 0 Å². The van der Waals surface area contributed by atoms with Crippen LogP contribution in [0.15, 0.2) is 48.5 Å². The van der Waals surface area contributed by atoms with Crippen molar-refractivity contribution in [1.82, 2.24) is 5.32 Å². The molecule has 0 unspecified atom stereocenters. The molecule has 0 atom stereocenters. The number of hydrogen-bond donors (Lipinski definition) is 2. The molecule has 0 saturated heterocycles. The maximum Gasteiger partial charge on any atom is 0.255 e. The number of rotatable bonds is 9. The van der Waals surface area contributed by atoms with Crippen LogP contribution in [-0.4, -0.2) is 19.1 Å². The molecule has 0 aliphatic rings. The Morgan fingerprint density at radius 2 is 1.76 bits per heavy atom. The van der Waals surface area contributed by atoms with E-state index < -0.39 is 0 Å². The number of ether oxygens (including phenoxy) is 1. The number of benzene rings is 2. The van der Waals surface area contributed by atoms with Crippen LogP contribution in [-0.2, 0) is 6.54 Å². The summed E-state index contributed by atoms with van der Waals surface area (Å²) in [6, 6.07) is 15.1. The zero-order valence-corrected chi connectivity index (χ0v) is 15.7. The number of anilines is 1. The summed E-state index contributed by atoms with van der Waals surface area (Å²) in [5.41, 5.74) is 2.54. The van der Waals surface area contributed by atoms with Gasteiger partial charge in [-0.05, 0) is 48.9 Å². The Hall–Kier alpha value is -2.04. The molecule has 0 aromatic heterocycles. The highest BCUT2D eigenvalue weighted by Crippen LogP contribution is 2.18. The number of carbonyl (C=O) groups is 1. The van der Waals surface area contributed by atoms with Crippen molar-refractivity contribution in [2.45, 2.75) is 33.2 Å². The molecule has 0 aliphatic carbocycles. The first-order chi connectivity index (χ1) is 11.7.